The van der Waals surface area contributed by atoms with E-state index in [2.05, 4.69) is 0 Å². The maximum absolute atomic E-state index is 12.5. The SMILES string of the molecule is CC(F)(F)CCCCCOC(=O)c1ccccc1. The molecule has 0 aliphatic heterocycles. The molecule has 0 amide bonds. The minimum Gasteiger partial charge on any atom is -0.462 e. The molecule has 0 unspecified atom stereocenters. The first kappa shape index (κ1) is 14.6. The smallest absolute Gasteiger partial charge is 0.338 e. The van der Waals surface area contributed by atoms with Crippen molar-refractivity contribution in [1.29, 1.82) is 0 Å². The Morgan fingerprint density at radius 3 is 2.44 bits per heavy atom. The monoisotopic (exact) mass is 256 g/mol. The van der Waals surface area contributed by atoms with E-state index in [4.69, 9.17) is 4.74 Å². The van der Waals surface area contributed by atoms with E-state index in [0.29, 0.717) is 24.8 Å². The normalized spacial score (nSPS) is 11.3. The first-order valence-corrected chi connectivity index (χ1v) is 6.09. The topological polar surface area (TPSA) is 26.3 Å². The standard InChI is InChI=1S/C14H18F2O2/c1-14(15,16)10-6-3-7-11-18-13(17)12-8-4-2-5-9-12/h2,4-5,8-9H,3,6-7,10-11H2,1H3. The molecule has 18 heavy (non-hydrogen) atoms. The number of hydrogen-bond donors (Lipinski definition) is 0. The molecule has 0 spiro atoms. The van der Waals surface area contributed by atoms with E-state index in [0.717, 1.165) is 6.92 Å². The lowest BCUT2D eigenvalue weighted by atomic mass is 10.1. The number of rotatable bonds is 7. The number of halogens is 2. The van der Waals surface area contributed by atoms with Gasteiger partial charge in [0.15, 0.2) is 0 Å². The summed E-state index contributed by atoms with van der Waals surface area (Å²) >= 11 is 0. The summed E-state index contributed by atoms with van der Waals surface area (Å²) in [6.07, 6.45) is 1.60. The maximum Gasteiger partial charge on any atom is 0.338 e. The van der Waals surface area contributed by atoms with Crippen LogP contribution in [0.1, 0.15) is 43.0 Å². The second-order valence-corrected chi connectivity index (χ2v) is 4.38. The lowest BCUT2D eigenvalue weighted by Crippen LogP contribution is -2.09. The van der Waals surface area contributed by atoms with Crippen molar-refractivity contribution in [2.75, 3.05) is 6.61 Å². The Bertz CT molecular complexity index is 358. The van der Waals surface area contributed by atoms with Crippen molar-refractivity contribution in [3.8, 4) is 0 Å². The molecule has 0 saturated heterocycles. The van der Waals surface area contributed by atoms with Crippen LogP contribution in [0.3, 0.4) is 0 Å². The molecule has 1 aromatic rings. The fraction of sp³-hybridized carbons (Fsp3) is 0.500. The Labute approximate surface area is 106 Å². The van der Waals surface area contributed by atoms with Crippen molar-refractivity contribution in [2.45, 2.75) is 38.5 Å². The van der Waals surface area contributed by atoms with Crippen LogP contribution in [0.25, 0.3) is 0 Å². The third-order valence-electron chi connectivity index (χ3n) is 2.50. The van der Waals surface area contributed by atoms with Gasteiger partial charge in [-0.25, -0.2) is 13.6 Å². The van der Waals surface area contributed by atoms with Crippen LogP contribution in [-0.2, 0) is 4.74 Å². The van der Waals surface area contributed by atoms with Crippen LogP contribution in [0, 0.1) is 0 Å². The fourth-order valence-corrected chi connectivity index (χ4v) is 1.54. The van der Waals surface area contributed by atoms with Crippen LogP contribution in [0.4, 0.5) is 8.78 Å². The molecular formula is C14H18F2O2. The van der Waals surface area contributed by atoms with Crippen LogP contribution >= 0.6 is 0 Å². The number of esters is 1. The predicted molar refractivity (Wildman–Crippen MR) is 65.8 cm³/mol. The predicted octanol–water partition coefficient (Wildman–Crippen LogP) is 4.06. The van der Waals surface area contributed by atoms with Gasteiger partial charge in [-0.1, -0.05) is 18.2 Å². The van der Waals surface area contributed by atoms with Crippen LogP contribution in [-0.4, -0.2) is 18.5 Å². The third-order valence-corrected chi connectivity index (χ3v) is 2.50. The molecule has 2 nitrogen and oxygen atoms in total. The largest absolute Gasteiger partial charge is 0.462 e. The second-order valence-electron chi connectivity index (χ2n) is 4.38. The third kappa shape index (κ3) is 6.33. The lowest BCUT2D eigenvalue weighted by molar-refractivity contribution is 0.00959. The molecule has 1 aromatic carbocycles. The van der Waals surface area contributed by atoms with Gasteiger partial charge in [-0.05, 0) is 38.3 Å². The van der Waals surface area contributed by atoms with Gasteiger partial charge in [-0.15, -0.1) is 0 Å². The van der Waals surface area contributed by atoms with E-state index in [1.165, 1.54) is 0 Å². The van der Waals surface area contributed by atoms with E-state index in [1.54, 1.807) is 24.3 Å². The number of ether oxygens (including phenoxy) is 1. The molecule has 0 aromatic heterocycles. The maximum atomic E-state index is 12.5. The van der Waals surface area contributed by atoms with Crippen molar-refractivity contribution in [1.82, 2.24) is 0 Å². The van der Waals surface area contributed by atoms with Crippen molar-refractivity contribution in [3.05, 3.63) is 35.9 Å². The van der Waals surface area contributed by atoms with Crippen molar-refractivity contribution in [3.63, 3.8) is 0 Å². The number of carbonyl (C=O) groups excluding carboxylic acids is 1. The van der Waals surface area contributed by atoms with Gasteiger partial charge in [-0.2, -0.15) is 0 Å². The molecule has 100 valence electrons. The molecule has 0 atom stereocenters. The Kier molecular flexibility index (Phi) is 5.75. The number of alkyl halides is 2. The average Bonchev–Trinajstić information content (AvgIpc) is 2.33. The van der Waals surface area contributed by atoms with Gasteiger partial charge in [0.2, 0.25) is 5.92 Å². The molecule has 0 N–H and O–H groups in total. The zero-order valence-electron chi connectivity index (χ0n) is 10.5. The molecule has 0 fully saturated rings. The number of unbranched alkanes of at least 4 members (excludes halogenated alkanes) is 2. The highest BCUT2D eigenvalue weighted by Crippen LogP contribution is 2.20. The van der Waals surface area contributed by atoms with Gasteiger partial charge in [0.05, 0.1) is 12.2 Å². The molecule has 0 heterocycles. The summed E-state index contributed by atoms with van der Waals surface area (Å²) in [6, 6.07) is 8.71. The summed E-state index contributed by atoms with van der Waals surface area (Å²) < 4.78 is 30.0. The molecular weight excluding hydrogens is 238 g/mol. The van der Waals surface area contributed by atoms with Gasteiger partial charge < -0.3 is 4.74 Å². The van der Waals surface area contributed by atoms with E-state index in [9.17, 15) is 13.6 Å². The van der Waals surface area contributed by atoms with Gasteiger partial charge >= 0.3 is 5.97 Å². The van der Waals surface area contributed by atoms with Crippen LogP contribution in [0.15, 0.2) is 30.3 Å². The Balaban J connectivity index is 2.10. The molecule has 0 aliphatic rings. The summed E-state index contributed by atoms with van der Waals surface area (Å²) in [6.45, 7) is 1.20. The van der Waals surface area contributed by atoms with Crippen LogP contribution in [0.2, 0.25) is 0 Å². The Hall–Kier alpha value is -1.45. The fourth-order valence-electron chi connectivity index (χ4n) is 1.54. The van der Waals surface area contributed by atoms with E-state index in [1.807, 2.05) is 6.07 Å². The van der Waals surface area contributed by atoms with Crippen LogP contribution in [0.5, 0.6) is 0 Å². The van der Waals surface area contributed by atoms with E-state index >= 15 is 0 Å². The van der Waals surface area contributed by atoms with Crippen molar-refractivity contribution >= 4 is 5.97 Å². The molecule has 0 radical (unpaired) electrons. The Morgan fingerprint density at radius 1 is 1.17 bits per heavy atom. The summed E-state index contributed by atoms with van der Waals surface area (Å²) in [5, 5.41) is 0. The highest BCUT2D eigenvalue weighted by molar-refractivity contribution is 5.89. The molecule has 0 aliphatic carbocycles. The van der Waals surface area contributed by atoms with Gasteiger partial charge in [0, 0.05) is 6.42 Å². The number of hydrogen-bond acceptors (Lipinski definition) is 2. The summed E-state index contributed by atoms with van der Waals surface area (Å²) in [5.41, 5.74) is 0.512. The lowest BCUT2D eigenvalue weighted by Gasteiger charge is -2.09. The molecule has 0 saturated carbocycles. The second kappa shape index (κ2) is 7.09. The van der Waals surface area contributed by atoms with Crippen LogP contribution < -0.4 is 0 Å². The zero-order valence-corrected chi connectivity index (χ0v) is 10.5. The number of benzene rings is 1. The highest BCUT2D eigenvalue weighted by atomic mass is 19.3. The van der Waals surface area contributed by atoms with Gasteiger partial charge in [0.1, 0.15) is 0 Å². The summed E-state index contributed by atoms with van der Waals surface area (Å²) in [7, 11) is 0. The van der Waals surface area contributed by atoms with Gasteiger partial charge in [0.25, 0.3) is 0 Å². The Morgan fingerprint density at radius 2 is 1.83 bits per heavy atom. The molecule has 0 bridgehead atoms. The minimum atomic E-state index is -2.60. The average molecular weight is 256 g/mol. The van der Waals surface area contributed by atoms with E-state index < -0.39 is 5.92 Å². The molecule has 4 heteroatoms. The van der Waals surface area contributed by atoms with Gasteiger partial charge in [-0.3, -0.25) is 0 Å². The summed E-state index contributed by atoms with van der Waals surface area (Å²) in [5.74, 6) is -2.96. The van der Waals surface area contributed by atoms with Crippen molar-refractivity contribution in [2.24, 2.45) is 0 Å². The highest BCUT2D eigenvalue weighted by Gasteiger charge is 2.19. The van der Waals surface area contributed by atoms with Crippen molar-refractivity contribution < 1.29 is 18.3 Å². The first-order valence-electron chi connectivity index (χ1n) is 6.09. The summed E-state index contributed by atoms with van der Waals surface area (Å²) in [4.78, 5) is 11.5. The van der Waals surface area contributed by atoms with E-state index in [-0.39, 0.29) is 19.0 Å². The molecule has 1 rings (SSSR count). The number of carbonyl (C=O) groups is 1. The zero-order chi connectivity index (χ0) is 13.4. The quantitative estimate of drug-likeness (QED) is 0.543. The first-order chi connectivity index (χ1) is 8.49. The minimum absolute atomic E-state index is 0.111.